The average molecular weight is 303 g/mol. The van der Waals surface area contributed by atoms with Crippen molar-refractivity contribution in [3.05, 3.63) is 20.4 Å². The Kier molecular flexibility index (Phi) is 3.53. The van der Waals surface area contributed by atoms with Gasteiger partial charge in [-0.05, 0) is 22.4 Å². The lowest BCUT2D eigenvalue weighted by Crippen LogP contribution is -1.89. The third-order valence-corrected chi connectivity index (χ3v) is 4.90. The van der Waals surface area contributed by atoms with E-state index in [0.29, 0.717) is 5.92 Å². The molecule has 0 amide bonds. The molecule has 5 heteroatoms. The average Bonchev–Trinajstić information content (AvgIpc) is 2.84. The highest BCUT2D eigenvalue weighted by molar-refractivity contribution is 9.10. The summed E-state index contributed by atoms with van der Waals surface area (Å²) in [7, 11) is 0. The quantitative estimate of drug-likeness (QED) is 0.831. The summed E-state index contributed by atoms with van der Waals surface area (Å²) in [4.78, 5) is 8.97. The van der Waals surface area contributed by atoms with Gasteiger partial charge in [0.05, 0.1) is 5.01 Å². The van der Waals surface area contributed by atoms with Crippen LogP contribution in [0.4, 0.5) is 0 Å². The summed E-state index contributed by atoms with van der Waals surface area (Å²) in [5.41, 5.74) is 1.01. The van der Waals surface area contributed by atoms with Gasteiger partial charge in [0.15, 0.2) is 0 Å². The number of hydrogen-bond acceptors (Lipinski definition) is 4. The smallest absolute Gasteiger partial charge is 0.144 e. The highest BCUT2D eigenvalue weighted by Crippen LogP contribution is 2.30. The lowest BCUT2D eigenvalue weighted by Gasteiger charge is -2.01. The van der Waals surface area contributed by atoms with E-state index in [4.69, 9.17) is 0 Å². The fraction of sp³-hybridized carbons (Fsp3) is 0.400. The Morgan fingerprint density at radius 1 is 1.33 bits per heavy atom. The van der Waals surface area contributed by atoms with Crippen LogP contribution >= 0.6 is 38.6 Å². The molecule has 15 heavy (non-hydrogen) atoms. The van der Waals surface area contributed by atoms with Gasteiger partial charge >= 0.3 is 0 Å². The molecule has 1 atom stereocenters. The molecule has 80 valence electrons. The summed E-state index contributed by atoms with van der Waals surface area (Å²) in [6, 6.07) is 0. The van der Waals surface area contributed by atoms with Crippen LogP contribution in [0.1, 0.15) is 31.2 Å². The molecule has 0 fully saturated rings. The minimum absolute atomic E-state index is 0.548. The number of nitrogens with zero attached hydrogens (tertiary/aromatic N) is 2. The number of thiazole rings is 2. The largest absolute Gasteiger partial charge is 0.238 e. The normalized spacial score (nSPS) is 13.0. The number of rotatable bonds is 3. The van der Waals surface area contributed by atoms with Gasteiger partial charge in [-0.2, -0.15) is 0 Å². The zero-order chi connectivity index (χ0) is 10.8. The predicted octanol–water partition coefficient (Wildman–Crippen LogP) is 4.54. The molecule has 0 spiro atoms. The Bertz CT molecular complexity index is 450. The van der Waals surface area contributed by atoms with E-state index in [2.05, 4.69) is 45.1 Å². The molecular formula is C10H11BrN2S2. The first-order chi connectivity index (χ1) is 7.20. The first-order valence-electron chi connectivity index (χ1n) is 4.77. The fourth-order valence-electron chi connectivity index (χ4n) is 1.16. The summed E-state index contributed by atoms with van der Waals surface area (Å²) in [6.45, 7) is 4.39. The first kappa shape index (κ1) is 11.2. The molecule has 0 aliphatic heterocycles. The maximum Gasteiger partial charge on any atom is 0.144 e. The molecule has 0 aliphatic carbocycles. The minimum Gasteiger partial charge on any atom is -0.238 e. The predicted molar refractivity (Wildman–Crippen MR) is 69.6 cm³/mol. The summed E-state index contributed by atoms with van der Waals surface area (Å²) < 4.78 is 0.889. The van der Waals surface area contributed by atoms with E-state index in [1.54, 1.807) is 22.7 Å². The van der Waals surface area contributed by atoms with E-state index in [1.165, 1.54) is 5.01 Å². The second-order valence-corrected chi connectivity index (χ2v) is 5.92. The van der Waals surface area contributed by atoms with Gasteiger partial charge in [0.1, 0.15) is 15.3 Å². The van der Waals surface area contributed by atoms with Gasteiger partial charge < -0.3 is 0 Å². The zero-order valence-corrected chi connectivity index (χ0v) is 11.7. The van der Waals surface area contributed by atoms with Crippen LogP contribution in [-0.2, 0) is 0 Å². The SMILES string of the molecule is CCC(C)c1nc(-c2nc(Br)cs2)cs1. The van der Waals surface area contributed by atoms with Crippen molar-refractivity contribution >= 4 is 38.6 Å². The molecule has 2 rings (SSSR count). The highest BCUT2D eigenvalue weighted by atomic mass is 79.9. The molecule has 2 aromatic rings. The molecule has 1 unspecified atom stereocenters. The molecule has 0 aromatic carbocycles. The van der Waals surface area contributed by atoms with E-state index in [0.717, 1.165) is 21.7 Å². The topological polar surface area (TPSA) is 25.8 Å². The minimum atomic E-state index is 0.548. The van der Waals surface area contributed by atoms with Crippen LogP contribution < -0.4 is 0 Å². The third-order valence-electron chi connectivity index (χ3n) is 2.25. The van der Waals surface area contributed by atoms with Crippen molar-refractivity contribution < 1.29 is 0 Å². The molecule has 0 radical (unpaired) electrons. The Hall–Kier alpha value is -0.260. The molecular weight excluding hydrogens is 292 g/mol. The van der Waals surface area contributed by atoms with Gasteiger partial charge in [-0.15, -0.1) is 22.7 Å². The summed E-state index contributed by atoms with van der Waals surface area (Å²) in [6.07, 6.45) is 1.13. The van der Waals surface area contributed by atoms with Crippen LogP contribution in [-0.4, -0.2) is 9.97 Å². The van der Waals surface area contributed by atoms with Crippen LogP contribution in [0.2, 0.25) is 0 Å². The standard InChI is InChI=1S/C10H11BrN2S2/c1-3-6(2)9-12-7(4-14-9)10-13-8(11)5-15-10/h4-6H,3H2,1-2H3. The van der Waals surface area contributed by atoms with Crippen molar-refractivity contribution in [2.45, 2.75) is 26.2 Å². The summed E-state index contributed by atoms with van der Waals surface area (Å²) in [5.74, 6) is 0.548. The van der Waals surface area contributed by atoms with Gasteiger partial charge in [0, 0.05) is 16.7 Å². The van der Waals surface area contributed by atoms with Gasteiger partial charge in [0.25, 0.3) is 0 Å². The van der Waals surface area contributed by atoms with Gasteiger partial charge in [-0.1, -0.05) is 13.8 Å². The maximum atomic E-state index is 4.61. The Labute approximate surface area is 106 Å². The van der Waals surface area contributed by atoms with Crippen LogP contribution in [0.15, 0.2) is 15.4 Å². The lowest BCUT2D eigenvalue weighted by atomic mass is 10.1. The van der Waals surface area contributed by atoms with E-state index in [1.807, 2.05) is 5.38 Å². The monoisotopic (exact) mass is 302 g/mol. The van der Waals surface area contributed by atoms with Crippen molar-refractivity contribution in [3.63, 3.8) is 0 Å². The first-order valence-corrected chi connectivity index (χ1v) is 7.32. The van der Waals surface area contributed by atoms with Crippen LogP contribution in [0.5, 0.6) is 0 Å². The molecule has 2 heterocycles. The van der Waals surface area contributed by atoms with Crippen LogP contribution in [0.25, 0.3) is 10.7 Å². The van der Waals surface area contributed by atoms with Crippen molar-refractivity contribution in [2.24, 2.45) is 0 Å². The molecule has 2 aromatic heterocycles. The number of halogens is 1. The third kappa shape index (κ3) is 2.46. The van der Waals surface area contributed by atoms with Crippen LogP contribution in [0, 0.1) is 0 Å². The summed E-state index contributed by atoms with van der Waals surface area (Å²) in [5, 5.41) is 6.27. The van der Waals surface area contributed by atoms with E-state index >= 15 is 0 Å². The Morgan fingerprint density at radius 2 is 2.13 bits per heavy atom. The number of hydrogen-bond donors (Lipinski definition) is 0. The molecule has 0 saturated heterocycles. The van der Waals surface area contributed by atoms with E-state index in [9.17, 15) is 0 Å². The second kappa shape index (κ2) is 4.72. The second-order valence-electron chi connectivity index (χ2n) is 3.36. The molecule has 0 bridgehead atoms. The van der Waals surface area contributed by atoms with Crippen molar-refractivity contribution in [1.82, 2.24) is 9.97 Å². The van der Waals surface area contributed by atoms with Crippen LogP contribution in [0.3, 0.4) is 0 Å². The maximum absolute atomic E-state index is 4.61. The van der Waals surface area contributed by atoms with Crippen molar-refractivity contribution in [3.8, 4) is 10.7 Å². The van der Waals surface area contributed by atoms with E-state index < -0.39 is 0 Å². The molecule has 0 N–H and O–H groups in total. The highest BCUT2D eigenvalue weighted by Gasteiger charge is 2.11. The fourth-order valence-corrected chi connectivity index (χ4v) is 3.39. The molecule has 0 saturated carbocycles. The Balaban J connectivity index is 2.27. The molecule has 2 nitrogen and oxygen atoms in total. The zero-order valence-electron chi connectivity index (χ0n) is 8.53. The summed E-state index contributed by atoms with van der Waals surface area (Å²) >= 11 is 6.70. The van der Waals surface area contributed by atoms with E-state index in [-0.39, 0.29) is 0 Å². The lowest BCUT2D eigenvalue weighted by molar-refractivity contribution is 0.727. The van der Waals surface area contributed by atoms with Gasteiger partial charge in [-0.25, -0.2) is 9.97 Å². The number of aromatic nitrogens is 2. The van der Waals surface area contributed by atoms with Crippen molar-refractivity contribution in [1.29, 1.82) is 0 Å². The Morgan fingerprint density at radius 3 is 2.73 bits per heavy atom. The van der Waals surface area contributed by atoms with Crippen molar-refractivity contribution in [2.75, 3.05) is 0 Å². The van der Waals surface area contributed by atoms with Gasteiger partial charge in [0.2, 0.25) is 0 Å². The molecule has 0 aliphatic rings. The van der Waals surface area contributed by atoms with Gasteiger partial charge in [-0.3, -0.25) is 0 Å².